The predicted molar refractivity (Wildman–Crippen MR) is 66.0 cm³/mol. The van der Waals surface area contributed by atoms with E-state index in [2.05, 4.69) is 10.2 Å². The molecular weight excluding hydrogens is 297 g/mol. The number of rotatable bonds is 4. The molecule has 0 saturated carbocycles. The molecule has 4 nitrogen and oxygen atoms in total. The normalized spacial score (nSPS) is 13.2. The highest BCUT2D eigenvalue weighted by molar-refractivity contribution is 6.29. The van der Waals surface area contributed by atoms with Gasteiger partial charge in [-0.25, -0.2) is 5.43 Å². The second-order valence-electron chi connectivity index (χ2n) is 3.87. The van der Waals surface area contributed by atoms with Gasteiger partial charge in [0.2, 0.25) is 0 Å². The first-order valence-corrected chi connectivity index (χ1v) is 5.83. The number of hydrogen-bond acceptors (Lipinski definition) is 4. The standard InChI is InChI=1S/C12H10ClF3N2O2/c13-11-9(4-5-19-11)10(18-17)7-2-1-3-8(6-7)20-12(14,15)16/h1-6,10,18H,17H2. The quantitative estimate of drug-likeness (QED) is 0.671. The first kappa shape index (κ1) is 14.7. The van der Waals surface area contributed by atoms with Gasteiger partial charge >= 0.3 is 6.36 Å². The number of benzene rings is 1. The minimum Gasteiger partial charge on any atom is -0.453 e. The molecule has 0 radical (unpaired) electrons. The van der Waals surface area contributed by atoms with E-state index in [0.717, 1.165) is 0 Å². The highest BCUT2D eigenvalue weighted by atomic mass is 35.5. The minimum atomic E-state index is -4.75. The summed E-state index contributed by atoms with van der Waals surface area (Å²) in [5.74, 6) is 5.09. The molecule has 20 heavy (non-hydrogen) atoms. The van der Waals surface area contributed by atoms with E-state index in [1.807, 2.05) is 0 Å². The van der Waals surface area contributed by atoms with E-state index in [-0.39, 0.29) is 11.0 Å². The van der Waals surface area contributed by atoms with Crippen molar-refractivity contribution in [2.75, 3.05) is 0 Å². The lowest BCUT2D eigenvalue weighted by molar-refractivity contribution is -0.274. The van der Waals surface area contributed by atoms with E-state index >= 15 is 0 Å². The number of ether oxygens (including phenoxy) is 1. The Labute approximate surface area is 117 Å². The molecule has 0 bridgehead atoms. The first-order valence-electron chi connectivity index (χ1n) is 5.45. The maximum Gasteiger partial charge on any atom is 0.573 e. The molecular formula is C12H10ClF3N2O2. The average Bonchev–Trinajstić information content (AvgIpc) is 2.75. The Bertz CT molecular complexity index is 586. The van der Waals surface area contributed by atoms with Gasteiger partial charge in [-0.1, -0.05) is 12.1 Å². The van der Waals surface area contributed by atoms with Crippen molar-refractivity contribution >= 4 is 11.6 Å². The van der Waals surface area contributed by atoms with Crippen LogP contribution >= 0.6 is 11.6 Å². The molecule has 1 heterocycles. The van der Waals surface area contributed by atoms with Crippen molar-refractivity contribution in [3.8, 4) is 5.75 Å². The molecule has 3 N–H and O–H groups in total. The van der Waals surface area contributed by atoms with Crippen LogP contribution < -0.4 is 16.0 Å². The summed E-state index contributed by atoms with van der Waals surface area (Å²) in [7, 11) is 0. The summed E-state index contributed by atoms with van der Waals surface area (Å²) >= 11 is 5.84. The fourth-order valence-corrected chi connectivity index (χ4v) is 1.99. The molecule has 1 aromatic heterocycles. The van der Waals surface area contributed by atoms with Crippen LogP contribution in [0.2, 0.25) is 5.22 Å². The molecule has 1 atom stereocenters. The third-order valence-corrected chi connectivity index (χ3v) is 2.86. The summed E-state index contributed by atoms with van der Waals surface area (Å²) < 4.78 is 45.4. The van der Waals surface area contributed by atoms with Gasteiger partial charge in [0.05, 0.1) is 12.3 Å². The lowest BCUT2D eigenvalue weighted by atomic mass is 10.0. The first-order chi connectivity index (χ1) is 9.40. The van der Waals surface area contributed by atoms with Crippen LogP contribution in [0.5, 0.6) is 5.75 Å². The number of nitrogens with two attached hydrogens (primary N) is 1. The summed E-state index contributed by atoms with van der Waals surface area (Å²) in [6.07, 6.45) is -3.39. The molecule has 0 aliphatic rings. The van der Waals surface area contributed by atoms with E-state index in [9.17, 15) is 13.2 Å². The minimum absolute atomic E-state index is 0.107. The summed E-state index contributed by atoms with van der Waals surface area (Å²) in [5.41, 5.74) is 3.44. The van der Waals surface area contributed by atoms with Gasteiger partial charge in [-0.3, -0.25) is 5.84 Å². The number of furan rings is 1. The van der Waals surface area contributed by atoms with Crippen LogP contribution in [-0.2, 0) is 0 Å². The molecule has 0 saturated heterocycles. The maximum atomic E-state index is 12.2. The van der Waals surface area contributed by atoms with Gasteiger partial charge in [0, 0.05) is 5.56 Å². The Balaban J connectivity index is 2.32. The fraction of sp³-hybridized carbons (Fsp3) is 0.167. The van der Waals surface area contributed by atoms with Crippen LogP contribution in [0.25, 0.3) is 0 Å². The third-order valence-electron chi connectivity index (χ3n) is 2.55. The zero-order chi connectivity index (χ0) is 14.8. The van der Waals surface area contributed by atoms with Crippen LogP contribution in [0, 0.1) is 0 Å². The highest BCUT2D eigenvalue weighted by Crippen LogP contribution is 2.31. The van der Waals surface area contributed by atoms with Crippen LogP contribution in [0.4, 0.5) is 13.2 Å². The zero-order valence-corrected chi connectivity index (χ0v) is 10.7. The van der Waals surface area contributed by atoms with Crippen molar-refractivity contribution in [2.45, 2.75) is 12.4 Å². The van der Waals surface area contributed by atoms with E-state index in [1.54, 1.807) is 12.1 Å². The second-order valence-corrected chi connectivity index (χ2v) is 4.21. The van der Waals surface area contributed by atoms with Crippen molar-refractivity contribution < 1.29 is 22.3 Å². The van der Waals surface area contributed by atoms with Gasteiger partial charge in [-0.2, -0.15) is 0 Å². The van der Waals surface area contributed by atoms with Crippen LogP contribution in [0.3, 0.4) is 0 Å². The Morgan fingerprint density at radius 2 is 2.05 bits per heavy atom. The molecule has 0 spiro atoms. The van der Waals surface area contributed by atoms with Gasteiger partial charge in [0.25, 0.3) is 0 Å². The van der Waals surface area contributed by atoms with Crippen molar-refractivity contribution in [3.05, 3.63) is 52.9 Å². The molecule has 1 unspecified atom stereocenters. The highest BCUT2D eigenvalue weighted by Gasteiger charge is 2.31. The Morgan fingerprint density at radius 3 is 2.60 bits per heavy atom. The lowest BCUT2D eigenvalue weighted by Gasteiger charge is -2.17. The maximum absolute atomic E-state index is 12.2. The Hall–Kier alpha value is -1.70. The Kier molecular flexibility index (Phi) is 4.22. The molecule has 1 aromatic carbocycles. The largest absolute Gasteiger partial charge is 0.573 e. The SMILES string of the molecule is NNC(c1cccc(OC(F)(F)F)c1)c1ccoc1Cl. The zero-order valence-electron chi connectivity index (χ0n) is 9.95. The third kappa shape index (κ3) is 3.44. The van der Waals surface area contributed by atoms with Crippen molar-refractivity contribution in [1.29, 1.82) is 0 Å². The van der Waals surface area contributed by atoms with Crippen molar-refractivity contribution in [2.24, 2.45) is 5.84 Å². The summed E-state index contributed by atoms with van der Waals surface area (Å²) in [6, 6.07) is 6.40. The molecule has 2 rings (SSSR count). The number of halogens is 4. The van der Waals surface area contributed by atoms with Gasteiger partial charge < -0.3 is 9.15 Å². The Morgan fingerprint density at radius 1 is 1.30 bits per heavy atom. The molecule has 0 fully saturated rings. The number of hydrogen-bond donors (Lipinski definition) is 2. The van der Waals surface area contributed by atoms with Crippen LogP contribution in [-0.4, -0.2) is 6.36 Å². The fourth-order valence-electron chi connectivity index (χ4n) is 1.77. The summed E-state index contributed by atoms with van der Waals surface area (Å²) in [4.78, 5) is 0. The van der Waals surface area contributed by atoms with Gasteiger partial charge in [-0.15, -0.1) is 13.2 Å². The van der Waals surface area contributed by atoms with Crippen molar-refractivity contribution in [1.82, 2.24) is 5.43 Å². The smallest absolute Gasteiger partial charge is 0.453 e. The number of alkyl halides is 3. The van der Waals surface area contributed by atoms with Crippen LogP contribution in [0.15, 0.2) is 41.0 Å². The number of hydrazine groups is 1. The average molecular weight is 307 g/mol. The van der Waals surface area contributed by atoms with Gasteiger partial charge in [0.1, 0.15) is 5.75 Å². The van der Waals surface area contributed by atoms with E-state index in [0.29, 0.717) is 11.1 Å². The topological polar surface area (TPSA) is 60.4 Å². The molecule has 0 aliphatic carbocycles. The van der Waals surface area contributed by atoms with Crippen LogP contribution in [0.1, 0.15) is 17.2 Å². The molecule has 0 aliphatic heterocycles. The predicted octanol–water partition coefficient (Wildman–Crippen LogP) is 3.38. The summed E-state index contributed by atoms with van der Waals surface area (Å²) in [6.45, 7) is 0. The monoisotopic (exact) mass is 306 g/mol. The molecule has 8 heteroatoms. The second kappa shape index (κ2) is 5.74. The van der Waals surface area contributed by atoms with Crippen molar-refractivity contribution in [3.63, 3.8) is 0 Å². The summed E-state index contributed by atoms with van der Waals surface area (Å²) in [5, 5.41) is 0.107. The van der Waals surface area contributed by atoms with E-state index in [4.69, 9.17) is 21.9 Å². The molecule has 2 aromatic rings. The van der Waals surface area contributed by atoms with E-state index < -0.39 is 12.4 Å². The molecule has 0 amide bonds. The van der Waals surface area contributed by atoms with E-state index in [1.165, 1.54) is 24.5 Å². The number of nitrogens with one attached hydrogen (secondary N) is 1. The van der Waals surface area contributed by atoms with Gasteiger partial charge in [0.15, 0.2) is 5.22 Å². The lowest BCUT2D eigenvalue weighted by Crippen LogP contribution is -2.28. The van der Waals surface area contributed by atoms with Gasteiger partial charge in [-0.05, 0) is 35.4 Å². The molecule has 108 valence electrons.